The molecule has 0 radical (unpaired) electrons. The maximum atomic E-state index is 13.9. The second-order valence-corrected chi connectivity index (χ2v) is 12.7. The fourth-order valence-electron chi connectivity index (χ4n) is 8.54. The fraction of sp³-hybridized carbons (Fsp3) is 0.759. The van der Waals surface area contributed by atoms with Gasteiger partial charge < -0.3 is 15.3 Å². The lowest BCUT2D eigenvalue weighted by Gasteiger charge is -2.57. The molecule has 0 saturated heterocycles. The smallest absolute Gasteiger partial charge is 0.310 e. The molecule has 6 nitrogen and oxygen atoms in total. The van der Waals surface area contributed by atoms with Crippen LogP contribution in [0.3, 0.4) is 0 Å². The van der Waals surface area contributed by atoms with Crippen LogP contribution in [0.5, 0.6) is 0 Å². The number of carboxylic acids is 1. The molecule has 194 valence electrons. The van der Waals surface area contributed by atoms with Crippen LogP contribution in [-0.2, 0) is 14.4 Å². The van der Waals surface area contributed by atoms with E-state index >= 15 is 0 Å². The molecule has 2 saturated carbocycles. The highest BCUT2D eigenvalue weighted by molar-refractivity contribution is 6.00. The summed E-state index contributed by atoms with van der Waals surface area (Å²) in [6.45, 7) is 13.6. The van der Waals surface area contributed by atoms with E-state index in [1.54, 1.807) is 13.8 Å². The first-order chi connectivity index (χ1) is 16.2. The van der Waals surface area contributed by atoms with Crippen molar-refractivity contribution < 1.29 is 29.7 Å². The van der Waals surface area contributed by atoms with E-state index in [2.05, 4.69) is 20.4 Å². The van der Waals surface area contributed by atoms with Crippen molar-refractivity contribution >= 4 is 17.5 Å². The summed E-state index contributed by atoms with van der Waals surface area (Å²) in [6.07, 6.45) is 4.06. The van der Waals surface area contributed by atoms with Crippen LogP contribution in [0.1, 0.15) is 86.0 Å². The van der Waals surface area contributed by atoms with Gasteiger partial charge in [-0.1, -0.05) is 32.9 Å². The lowest BCUT2D eigenvalue weighted by Crippen LogP contribution is -2.60. The Morgan fingerprint density at radius 2 is 1.83 bits per heavy atom. The Kier molecular flexibility index (Phi) is 6.50. The van der Waals surface area contributed by atoms with E-state index in [1.807, 2.05) is 6.92 Å². The van der Waals surface area contributed by atoms with E-state index in [-0.39, 0.29) is 29.3 Å². The Morgan fingerprint density at radius 1 is 1.17 bits per heavy atom. The summed E-state index contributed by atoms with van der Waals surface area (Å²) in [4.78, 5) is 37.7. The van der Waals surface area contributed by atoms with Crippen LogP contribution in [0.15, 0.2) is 23.3 Å². The van der Waals surface area contributed by atoms with Crippen molar-refractivity contribution in [1.29, 1.82) is 0 Å². The van der Waals surface area contributed by atoms with E-state index in [1.165, 1.54) is 0 Å². The van der Waals surface area contributed by atoms with Gasteiger partial charge in [-0.3, -0.25) is 14.4 Å². The van der Waals surface area contributed by atoms with E-state index in [0.29, 0.717) is 43.1 Å². The van der Waals surface area contributed by atoms with Crippen molar-refractivity contribution in [1.82, 2.24) is 0 Å². The largest absolute Gasteiger partial charge is 0.481 e. The summed E-state index contributed by atoms with van der Waals surface area (Å²) in [6, 6.07) is 0. The number of aliphatic carboxylic acids is 1. The van der Waals surface area contributed by atoms with Crippen LogP contribution in [0, 0.1) is 40.4 Å². The molecule has 6 heteroatoms. The standard InChI is InChI=1S/C29H42O6/c1-15(17(3)26(33)34)7-8-16(2)18-9-10-19-24-20(30)13-22-27(4,12-11-23(32)29(22,6)35)25(24)21(31)14-28(18,19)5/h16-20,22,30,35H,1,7-14H2,2-6H3,(H,33,34)/t16-,17-,18-,19-,20+,22+,27+,28-,29-/m1/s1. The van der Waals surface area contributed by atoms with Gasteiger partial charge in [-0.05, 0) is 81.1 Å². The molecule has 0 spiro atoms. The van der Waals surface area contributed by atoms with Gasteiger partial charge in [0.15, 0.2) is 11.6 Å². The molecule has 0 aromatic carbocycles. The Hall–Kier alpha value is -1.79. The third kappa shape index (κ3) is 3.87. The van der Waals surface area contributed by atoms with Crippen LogP contribution in [0.2, 0.25) is 0 Å². The third-order valence-corrected chi connectivity index (χ3v) is 10.8. The lowest BCUT2D eigenvalue weighted by molar-refractivity contribution is -0.160. The zero-order chi connectivity index (χ0) is 26.1. The molecule has 0 aromatic rings. The maximum absolute atomic E-state index is 13.9. The van der Waals surface area contributed by atoms with Gasteiger partial charge in [0, 0.05) is 29.7 Å². The van der Waals surface area contributed by atoms with Crippen molar-refractivity contribution in [2.24, 2.45) is 40.4 Å². The summed E-state index contributed by atoms with van der Waals surface area (Å²) in [5, 5.41) is 31.7. The van der Waals surface area contributed by atoms with E-state index in [4.69, 9.17) is 0 Å². The van der Waals surface area contributed by atoms with Gasteiger partial charge in [0.05, 0.1) is 12.0 Å². The molecule has 0 bridgehead atoms. The number of hydrogen-bond acceptors (Lipinski definition) is 5. The van der Waals surface area contributed by atoms with E-state index < -0.39 is 34.9 Å². The molecule has 4 aliphatic carbocycles. The Bertz CT molecular complexity index is 991. The summed E-state index contributed by atoms with van der Waals surface area (Å²) < 4.78 is 0. The number of aliphatic hydroxyl groups is 2. The van der Waals surface area contributed by atoms with Crippen LogP contribution < -0.4 is 0 Å². The number of fused-ring (bicyclic) bond motifs is 4. The molecule has 4 rings (SSSR count). The predicted octanol–water partition coefficient (Wildman–Crippen LogP) is 4.48. The molecule has 0 heterocycles. The number of Topliss-reactive ketones (excluding diaryl/α,β-unsaturated/α-hetero) is 2. The van der Waals surface area contributed by atoms with Gasteiger partial charge in [0.1, 0.15) is 5.60 Å². The molecule has 0 aromatic heterocycles. The molecule has 0 aliphatic heterocycles. The highest BCUT2D eigenvalue weighted by Gasteiger charge is 2.64. The molecule has 4 aliphatic rings. The van der Waals surface area contributed by atoms with Crippen LogP contribution >= 0.6 is 0 Å². The molecule has 3 N–H and O–H groups in total. The monoisotopic (exact) mass is 486 g/mol. The summed E-state index contributed by atoms with van der Waals surface area (Å²) >= 11 is 0. The second-order valence-electron chi connectivity index (χ2n) is 12.7. The highest BCUT2D eigenvalue weighted by Crippen LogP contribution is 2.65. The van der Waals surface area contributed by atoms with Crippen LogP contribution in [0.4, 0.5) is 0 Å². The third-order valence-electron chi connectivity index (χ3n) is 10.8. The number of carboxylic acid groups (broad SMARTS) is 1. The molecule has 35 heavy (non-hydrogen) atoms. The summed E-state index contributed by atoms with van der Waals surface area (Å²) in [5.74, 6) is -1.30. The minimum atomic E-state index is -1.53. The van der Waals surface area contributed by atoms with Gasteiger partial charge >= 0.3 is 5.97 Å². The normalized spacial score (nSPS) is 42.7. The number of carbonyl (C=O) groups excluding carboxylic acids is 2. The van der Waals surface area contributed by atoms with Gasteiger partial charge in [0.2, 0.25) is 0 Å². The minimum Gasteiger partial charge on any atom is -0.481 e. The SMILES string of the molecule is C=C(CC[C@@H](C)[C@H]1CC[C@@H]2C3=C(C(=O)C[C@@]21C)[C@@]1(C)CCC(=O)[C@](C)(O)[C@H]1C[C@@H]3O)[C@@H](C)C(=O)O. The van der Waals surface area contributed by atoms with Crippen molar-refractivity contribution in [3.8, 4) is 0 Å². The van der Waals surface area contributed by atoms with E-state index in [0.717, 1.165) is 30.4 Å². The maximum Gasteiger partial charge on any atom is 0.310 e. The van der Waals surface area contributed by atoms with Gasteiger partial charge in [-0.15, -0.1) is 0 Å². The van der Waals surface area contributed by atoms with Crippen molar-refractivity contribution in [3.63, 3.8) is 0 Å². The fourth-order valence-corrected chi connectivity index (χ4v) is 8.54. The number of aliphatic hydroxyl groups excluding tert-OH is 1. The lowest BCUT2D eigenvalue weighted by atomic mass is 9.47. The number of rotatable bonds is 6. The Morgan fingerprint density at radius 3 is 2.46 bits per heavy atom. The zero-order valence-electron chi connectivity index (χ0n) is 21.9. The molecular weight excluding hydrogens is 444 g/mol. The molecule has 0 amide bonds. The number of allylic oxidation sites excluding steroid dienone is 1. The van der Waals surface area contributed by atoms with E-state index in [9.17, 15) is 29.7 Å². The zero-order valence-corrected chi connectivity index (χ0v) is 21.9. The first-order valence-electron chi connectivity index (χ1n) is 13.3. The molecule has 2 fully saturated rings. The Balaban J connectivity index is 1.63. The minimum absolute atomic E-state index is 0.0677. The van der Waals surface area contributed by atoms with Crippen molar-refractivity contribution in [3.05, 3.63) is 23.3 Å². The van der Waals surface area contributed by atoms with Gasteiger partial charge in [-0.2, -0.15) is 0 Å². The first kappa shape index (κ1) is 26.3. The average molecular weight is 487 g/mol. The predicted molar refractivity (Wildman–Crippen MR) is 132 cm³/mol. The van der Waals surface area contributed by atoms with Gasteiger partial charge in [-0.25, -0.2) is 0 Å². The highest BCUT2D eigenvalue weighted by atomic mass is 16.4. The number of hydrogen-bond donors (Lipinski definition) is 3. The van der Waals surface area contributed by atoms with Crippen LogP contribution in [0.25, 0.3) is 0 Å². The number of carbonyl (C=O) groups is 3. The molecule has 0 unspecified atom stereocenters. The Labute approximate surface area is 208 Å². The average Bonchev–Trinajstić information content (AvgIpc) is 3.12. The topological polar surface area (TPSA) is 112 Å². The molecular formula is C29H42O6. The van der Waals surface area contributed by atoms with Crippen molar-refractivity contribution in [2.45, 2.75) is 97.7 Å². The van der Waals surface area contributed by atoms with Crippen molar-refractivity contribution in [2.75, 3.05) is 0 Å². The molecule has 9 atom stereocenters. The summed E-state index contributed by atoms with van der Waals surface area (Å²) in [5.41, 5.74) is -0.0741. The second kappa shape index (κ2) is 8.65. The number of ketones is 2. The van der Waals surface area contributed by atoms with Gasteiger partial charge in [0.25, 0.3) is 0 Å². The summed E-state index contributed by atoms with van der Waals surface area (Å²) in [7, 11) is 0. The van der Waals surface area contributed by atoms with Crippen LogP contribution in [-0.4, -0.2) is 44.6 Å². The quantitative estimate of drug-likeness (QED) is 0.477. The first-order valence-corrected chi connectivity index (χ1v) is 13.3.